The van der Waals surface area contributed by atoms with Gasteiger partial charge in [0, 0.05) is 19.6 Å². The molecule has 4 rings (SSSR count). The summed E-state index contributed by atoms with van der Waals surface area (Å²) in [6.07, 6.45) is 3.65. The van der Waals surface area contributed by atoms with E-state index in [9.17, 15) is 9.59 Å². The Bertz CT molecular complexity index is 1150. The predicted molar refractivity (Wildman–Crippen MR) is 123 cm³/mol. The summed E-state index contributed by atoms with van der Waals surface area (Å²) in [4.78, 5) is 33.3. The zero-order chi connectivity index (χ0) is 22.1. The predicted octanol–water partition coefficient (Wildman–Crippen LogP) is 3.12. The first-order chi connectivity index (χ1) is 14.9. The molecule has 0 saturated carbocycles. The van der Waals surface area contributed by atoms with Gasteiger partial charge in [-0.05, 0) is 62.5 Å². The van der Waals surface area contributed by atoms with E-state index < -0.39 is 0 Å². The number of methoxy groups -OCH3 is 1. The van der Waals surface area contributed by atoms with Gasteiger partial charge < -0.3 is 14.6 Å². The average Bonchev–Trinajstić information content (AvgIpc) is 3.12. The smallest absolute Gasteiger partial charge is 0.262 e. The number of nitrogens with one attached hydrogen (secondary N) is 1. The Kier molecular flexibility index (Phi) is 6.11. The number of hydrogen-bond acceptors (Lipinski definition) is 6. The lowest BCUT2D eigenvalue weighted by Crippen LogP contribution is -2.41. The topological polar surface area (TPSA) is 76.5 Å². The number of piperidine rings is 1. The van der Waals surface area contributed by atoms with E-state index in [1.54, 1.807) is 14.2 Å². The molecule has 1 amide bonds. The maximum atomic E-state index is 13.0. The Hall–Kier alpha value is -2.71. The Morgan fingerprint density at radius 2 is 2.03 bits per heavy atom. The van der Waals surface area contributed by atoms with Gasteiger partial charge in [-0.1, -0.05) is 12.1 Å². The van der Waals surface area contributed by atoms with Crippen molar-refractivity contribution in [3.8, 4) is 5.75 Å². The quantitative estimate of drug-likeness (QED) is 0.660. The maximum absolute atomic E-state index is 13.0. The number of nitrogens with zero attached hydrogens (tertiary/aromatic N) is 3. The highest BCUT2D eigenvalue weighted by molar-refractivity contribution is 7.20. The molecular weight excluding hydrogens is 412 g/mol. The highest BCUT2D eigenvalue weighted by Gasteiger charge is 2.31. The van der Waals surface area contributed by atoms with Crippen molar-refractivity contribution in [3.05, 3.63) is 57.0 Å². The summed E-state index contributed by atoms with van der Waals surface area (Å²) >= 11 is 1.28. The van der Waals surface area contributed by atoms with Gasteiger partial charge in [-0.15, -0.1) is 11.3 Å². The monoisotopic (exact) mass is 440 g/mol. The fourth-order valence-electron chi connectivity index (χ4n) is 4.53. The molecule has 1 saturated heterocycles. The van der Waals surface area contributed by atoms with Crippen LogP contribution in [0.4, 0.5) is 0 Å². The molecule has 1 aliphatic rings. The van der Waals surface area contributed by atoms with Crippen LogP contribution in [0, 0.1) is 12.8 Å². The van der Waals surface area contributed by atoms with Gasteiger partial charge in [0.25, 0.3) is 11.5 Å². The Morgan fingerprint density at radius 3 is 2.74 bits per heavy atom. The second-order valence-electron chi connectivity index (χ2n) is 8.21. The summed E-state index contributed by atoms with van der Waals surface area (Å²) in [5.41, 5.74) is 1.82. The van der Waals surface area contributed by atoms with E-state index in [2.05, 4.69) is 34.4 Å². The van der Waals surface area contributed by atoms with Crippen LogP contribution in [0.15, 0.2) is 35.4 Å². The number of carbonyl (C=O) groups excluding carboxylic acids is 1. The SMILES string of the molecule is COc1ccc(C2C(CNC(=O)c3sc4ncn(C)c(=O)c4c3C)CCCN2C)cc1. The molecule has 1 aromatic carbocycles. The van der Waals surface area contributed by atoms with Crippen molar-refractivity contribution in [1.29, 1.82) is 0 Å². The summed E-state index contributed by atoms with van der Waals surface area (Å²) in [5, 5.41) is 3.67. The molecule has 0 spiro atoms. The molecule has 0 bridgehead atoms. The number of fused-ring (bicyclic) bond motifs is 1. The number of hydrogen-bond donors (Lipinski definition) is 1. The number of aryl methyl sites for hydroxylation is 2. The fourth-order valence-corrected chi connectivity index (χ4v) is 5.59. The summed E-state index contributed by atoms with van der Waals surface area (Å²) < 4.78 is 6.74. The molecule has 31 heavy (non-hydrogen) atoms. The fraction of sp³-hybridized carbons (Fsp3) is 0.435. The number of ether oxygens (including phenoxy) is 1. The lowest BCUT2D eigenvalue weighted by atomic mass is 9.85. The number of amides is 1. The van der Waals surface area contributed by atoms with Crippen LogP contribution in [0.5, 0.6) is 5.75 Å². The first-order valence-corrected chi connectivity index (χ1v) is 11.3. The van der Waals surface area contributed by atoms with Gasteiger partial charge in [0.1, 0.15) is 10.6 Å². The molecule has 0 aliphatic carbocycles. The molecule has 164 valence electrons. The van der Waals surface area contributed by atoms with E-state index in [1.807, 2.05) is 19.1 Å². The first-order valence-electron chi connectivity index (χ1n) is 10.5. The molecule has 1 fully saturated rings. The second kappa shape index (κ2) is 8.80. The van der Waals surface area contributed by atoms with Crippen LogP contribution in [0.2, 0.25) is 0 Å². The van der Waals surface area contributed by atoms with E-state index in [4.69, 9.17) is 4.74 Å². The minimum absolute atomic E-state index is 0.119. The zero-order valence-corrected chi connectivity index (χ0v) is 19.2. The first kappa shape index (κ1) is 21.5. The molecule has 2 aromatic heterocycles. The molecule has 2 unspecified atom stereocenters. The van der Waals surface area contributed by atoms with Crippen molar-refractivity contribution in [2.45, 2.75) is 25.8 Å². The third-order valence-corrected chi connectivity index (χ3v) is 7.40. The highest BCUT2D eigenvalue weighted by atomic mass is 32.1. The molecule has 3 aromatic rings. The van der Waals surface area contributed by atoms with Crippen molar-refractivity contribution in [2.75, 3.05) is 27.2 Å². The van der Waals surface area contributed by atoms with Gasteiger partial charge in [0.2, 0.25) is 0 Å². The molecule has 3 heterocycles. The number of aromatic nitrogens is 2. The Labute approximate surface area is 185 Å². The Balaban J connectivity index is 1.53. The van der Waals surface area contributed by atoms with Crippen LogP contribution in [0.1, 0.15) is 39.7 Å². The molecule has 1 N–H and O–H groups in total. The van der Waals surface area contributed by atoms with E-state index in [-0.39, 0.29) is 17.5 Å². The van der Waals surface area contributed by atoms with Gasteiger partial charge in [-0.2, -0.15) is 0 Å². The van der Waals surface area contributed by atoms with E-state index in [0.717, 1.165) is 25.1 Å². The number of thiophene rings is 1. The number of carbonyl (C=O) groups is 1. The van der Waals surface area contributed by atoms with Gasteiger partial charge in [0.05, 0.1) is 23.7 Å². The molecule has 8 heteroatoms. The molecular formula is C23H28N4O3S. The zero-order valence-electron chi connectivity index (χ0n) is 18.3. The van der Waals surface area contributed by atoms with Gasteiger partial charge in [-0.25, -0.2) is 4.98 Å². The van der Waals surface area contributed by atoms with E-state index >= 15 is 0 Å². The number of benzene rings is 1. The Morgan fingerprint density at radius 1 is 1.29 bits per heavy atom. The third kappa shape index (κ3) is 4.09. The van der Waals surface area contributed by atoms with Gasteiger partial charge >= 0.3 is 0 Å². The summed E-state index contributed by atoms with van der Waals surface area (Å²) in [7, 11) is 5.48. The second-order valence-corrected chi connectivity index (χ2v) is 9.21. The third-order valence-electron chi connectivity index (χ3n) is 6.21. The van der Waals surface area contributed by atoms with Crippen molar-refractivity contribution in [1.82, 2.24) is 19.8 Å². The summed E-state index contributed by atoms with van der Waals surface area (Å²) in [6.45, 7) is 3.44. The lowest BCUT2D eigenvalue weighted by molar-refractivity contribution is 0.0894. The molecule has 7 nitrogen and oxygen atoms in total. The van der Waals surface area contributed by atoms with Crippen molar-refractivity contribution >= 4 is 27.5 Å². The number of rotatable bonds is 5. The van der Waals surface area contributed by atoms with Crippen molar-refractivity contribution in [2.24, 2.45) is 13.0 Å². The molecule has 1 aliphatic heterocycles. The molecule has 2 atom stereocenters. The number of likely N-dealkylation sites (tertiary alicyclic amines) is 1. The van der Waals surface area contributed by atoms with Gasteiger partial charge in [0.15, 0.2) is 0 Å². The standard InChI is InChI=1S/C23H28N4O3S/c1-14-18-22(25-13-27(3)23(18)29)31-20(14)21(28)24-12-16-6-5-11-26(2)19(16)15-7-9-17(30-4)10-8-15/h7-10,13,16,19H,5-6,11-12H2,1-4H3,(H,24,28). The lowest BCUT2D eigenvalue weighted by Gasteiger charge is -2.39. The van der Waals surface area contributed by atoms with Crippen LogP contribution in [-0.4, -0.2) is 47.6 Å². The summed E-state index contributed by atoms with van der Waals surface area (Å²) in [6, 6.07) is 8.43. The van der Waals surface area contributed by atoms with Gasteiger partial charge in [-0.3, -0.25) is 14.5 Å². The van der Waals surface area contributed by atoms with Crippen LogP contribution in [-0.2, 0) is 7.05 Å². The van der Waals surface area contributed by atoms with Crippen LogP contribution in [0.3, 0.4) is 0 Å². The van der Waals surface area contributed by atoms with Crippen molar-refractivity contribution < 1.29 is 9.53 Å². The maximum Gasteiger partial charge on any atom is 0.262 e. The highest BCUT2D eigenvalue weighted by Crippen LogP contribution is 2.35. The minimum atomic E-state index is -0.135. The van der Waals surface area contributed by atoms with E-state index in [1.165, 1.54) is 27.8 Å². The summed E-state index contributed by atoms with van der Waals surface area (Å²) in [5.74, 6) is 1.01. The average molecular weight is 441 g/mol. The van der Waals surface area contributed by atoms with Crippen LogP contribution >= 0.6 is 11.3 Å². The van der Waals surface area contributed by atoms with Crippen molar-refractivity contribution in [3.63, 3.8) is 0 Å². The normalized spacial score (nSPS) is 19.5. The minimum Gasteiger partial charge on any atom is -0.497 e. The molecule has 0 radical (unpaired) electrons. The van der Waals surface area contributed by atoms with E-state index in [0.29, 0.717) is 33.1 Å². The van der Waals surface area contributed by atoms with Crippen LogP contribution in [0.25, 0.3) is 10.2 Å². The van der Waals surface area contributed by atoms with Crippen LogP contribution < -0.4 is 15.6 Å². The largest absolute Gasteiger partial charge is 0.497 e.